The van der Waals surface area contributed by atoms with Crippen LogP contribution in [0.3, 0.4) is 0 Å². The van der Waals surface area contributed by atoms with Gasteiger partial charge in [-0.25, -0.2) is 4.98 Å². The van der Waals surface area contributed by atoms with E-state index in [1.165, 1.54) is 10.9 Å². The van der Waals surface area contributed by atoms with Crippen LogP contribution in [0.4, 0.5) is 17.1 Å². The third kappa shape index (κ3) is 2.58. The highest BCUT2D eigenvalue weighted by molar-refractivity contribution is 6.33. The van der Waals surface area contributed by atoms with E-state index in [0.29, 0.717) is 33.0 Å². The second-order valence-electron chi connectivity index (χ2n) is 5.02. The maximum Gasteiger partial charge on any atom is 0.260 e. The summed E-state index contributed by atoms with van der Waals surface area (Å²) in [5.74, 6) is 0. The molecule has 0 saturated carbocycles. The molecule has 0 unspecified atom stereocenters. The smallest absolute Gasteiger partial charge is 0.260 e. The number of rotatable bonds is 2. The Morgan fingerprint density at radius 3 is 2.87 bits per heavy atom. The van der Waals surface area contributed by atoms with Crippen molar-refractivity contribution in [2.45, 2.75) is 0 Å². The van der Waals surface area contributed by atoms with Crippen LogP contribution in [0.5, 0.6) is 0 Å². The number of nitrogens with two attached hydrogens (primary N) is 1. The first kappa shape index (κ1) is 14.9. The quantitative estimate of drug-likeness (QED) is 0.706. The van der Waals surface area contributed by atoms with Crippen LogP contribution in [0.25, 0.3) is 10.9 Å². The molecule has 0 fully saturated rings. The highest BCUT2D eigenvalue weighted by Crippen LogP contribution is 2.32. The summed E-state index contributed by atoms with van der Waals surface area (Å²) in [5, 5.41) is 13.2. The number of anilines is 3. The number of nitrogen functional groups attached to an aromatic ring is 1. The summed E-state index contributed by atoms with van der Waals surface area (Å²) < 4.78 is 1.40. The van der Waals surface area contributed by atoms with Gasteiger partial charge in [-0.3, -0.25) is 4.79 Å². The monoisotopic (exact) mass is 325 g/mol. The molecule has 0 bridgehead atoms. The number of hydrogen-bond acceptors (Lipinski definition) is 5. The molecule has 2 aromatic carbocycles. The molecule has 3 rings (SSSR count). The first-order valence-corrected chi connectivity index (χ1v) is 7.09. The Bertz CT molecular complexity index is 1020. The van der Waals surface area contributed by atoms with Gasteiger partial charge in [0.05, 0.1) is 39.2 Å². The van der Waals surface area contributed by atoms with E-state index < -0.39 is 0 Å². The number of aryl methyl sites for hydroxylation is 1. The van der Waals surface area contributed by atoms with E-state index in [2.05, 4.69) is 10.3 Å². The molecule has 0 spiro atoms. The number of nitrogens with zero attached hydrogens (tertiary/aromatic N) is 3. The van der Waals surface area contributed by atoms with E-state index in [0.717, 1.165) is 0 Å². The van der Waals surface area contributed by atoms with Crippen molar-refractivity contribution < 1.29 is 0 Å². The molecule has 1 heterocycles. The molecule has 0 atom stereocenters. The van der Waals surface area contributed by atoms with Gasteiger partial charge in [-0.1, -0.05) is 11.6 Å². The maximum atomic E-state index is 12.2. The number of fused-ring (bicyclic) bond motifs is 1. The average molecular weight is 326 g/mol. The van der Waals surface area contributed by atoms with Gasteiger partial charge in [-0.2, -0.15) is 5.26 Å². The molecule has 0 aliphatic heterocycles. The molecule has 6 nitrogen and oxygen atoms in total. The molecular weight excluding hydrogens is 314 g/mol. The molecule has 1 aromatic heterocycles. The number of halogens is 1. The SMILES string of the molecule is Cn1cnc2ccc(Nc3c(Cl)ccc(N)c3C#N)cc2c1=O. The second kappa shape index (κ2) is 5.63. The summed E-state index contributed by atoms with van der Waals surface area (Å²) in [6, 6.07) is 10.4. The number of benzene rings is 2. The highest BCUT2D eigenvalue weighted by Gasteiger charge is 2.12. The molecule has 114 valence electrons. The van der Waals surface area contributed by atoms with E-state index in [1.807, 2.05) is 6.07 Å². The fraction of sp³-hybridized carbons (Fsp3) is 0.0625. The van der Waals surface area contributed by atoms with Crippen molar-refractivity contribution in [3.8, 4) is 6.07 Å². The minimum atomic E-state index is -0.155. The highest BCUT2D eigenvalue weighted by atomic mass is 35.5. The summed E-state index contributed by atoms with van der Waals surface area (Å²) in [6.07, 6.45) is 1.47. The average Bonchev–Trinajstić information content (AvgIpc) is 2.55. The summed E-state index contributed by atoms with van der Waals surface area (Å²) in [6.45, 7) is 0. The van der Waals surface area contributed by atoms with Crippen LogP contribution in [-0.4, -0.2) is 9.55 Å². The minimum Gasteiger partial charge on any atom is -0.398 e. The first-order valence-electron chi connectivity index (χ1n) is 6.71. The van der Waals surface area contributed by atoms with Gasteiger partial charge >= 0.3 is 0 Å². The fourth-order valence-corrected chi connectivity index (χ4v) is 2.47. The van der Waals surface area contributed by atoms with E-state index in [-0.39, 0.29) is 11.1 Å². The zero-order chi connectivity index (χ0) is 16.6. The Kier molecular flexibility index (Phi) is 3.64. The third-order valence-corrected chi connectivity index (χ3v) is 3.80. The van der Waals surface area contributed by atoms with Crippen LogP contribution >= 0.6 is 11.6 Å². The minimum absolute atomic E-state index is 0.155. The van der Waals surface area contributed by atoms with E-state index >= 15 is 0 Å². The lowest BCUT2D eigenvalue weighted by molar-refractivity contribution is 0.843. The van der Waals surface area contributed by atoms with Gasteiger partial charge in [-0.15, -0.1) is 0 Å². The lowest BCUT2D eigenvalue weighted by Gasteiger charge is -2.12. The van der Waals surface area contributed by atoms with Crippen LogP contribution in [0.15, 0.2) is 41.5 Å². The van der Waals surface area contributed by atoms with Crippen LogP contribution in [-0.2, 0) is 7.05 Å². The largest absolute Gasteiger partial charge is 0.398 e. The Morgan fingerprint density at radius 1 is 1.35 bits per heavy atom. The maximum absolute atomic E-state index is 12.2. The van der Waals surface area contributed by atoms with Gasteiger partial charge in [0.15, 0.2) is 0 Å². The van der Waals surface area contributed by atoms with Crippen molar-refractivity contribution in [1.29, 1.82) is 5.26 Å². The van der Waals surface area contributed by atoms with Crippen molar-refractivity contribution in [1.82, 2.24) is 9.55 Å². The van der Waals surface area contributed by atoms with Crippen molar-refractivity contribution >= 4 is 39.6 Å². The summed E-state index contributed by atoms with van der Waals surface area (Å²) in [7, 11) is 1.64. The van der Waals surface area contributed by atoms with Crippen LogP contribution < -0.4 is 16.6 Å². The molecule has 0 amide bonds. The molecule has 0 aliphatic rings. The molecule has 0 radical (unpaired) electrons. The van der Waals surface area contributed by atoms with Crippen molar-refractivity contribution in [3.63, 3.8) is 0 Å². The molecule has 23 heavy (non-hydrogen) atoms. The number of hydrogen-bond donors (Lipinski definition) is 2. The molecule has 7 heteroatoms. The topological polar surface area (TPSA) is 96.7 Å². The van der Waals surface area contributed by atoms with Gasteiger partial charge < -0.3 is 15.6 Å². The molecule has 0 saturated heterocycles. The van der Waals surface area contributed by atoms with Gasteiger partial charge in [0, 0.05) is 12.7 Å². The van der Waals surface area contributed by atoms with Gasteiger partial charge in [0.25, 0.3) is 5.56 Å². The van der Waals surface area contributed by atoms with E-state index in [1.54, 1.807) is 37.4 Å². The van der Waals surface area contributed by atoms with Crippen molar-refractivity contribution in [2.75, 3.05) is 11.1 Å². The first-order chi connectivity index (χ1) is 11.0. The predicted molar refractivity (Wildman–Crippen MR) is 90.8 cm³/mol. The standard InChI is InChI=1S/C16H12ClN5O/c1-22-8-20-14-5-2-9(6-10(14)16(22)23)21-15-11(7-18)13(19)4-3-12(15)17/h2-6,8,21H,19H2,1H3. The summed E-state index contributed by atoms with van der Waals surface area (Å²) in [4.78, 5) is 16.4. The van der Waals surface area contributed by atoms with E-state index in [4.69, 9.17) is 17.3 Å². The fourth-order valence-electron chi connectivity index (χ4n) is 2.27. The lowest BCUT2D eigenvalue weighted by Crippen LogP contribution is -2.16. The van der Waals surface area contributed by atoms with Gasteiger partial charge in [0.2, 0.25) is 0 Å². The van der Waals surface area contributed by atoms with Crippen LogP contribution in [0.1, 0.15) is 5.56 Å². The second-order valence-corrected chi connectivity index (χ2v) is 5.42. The molecular formula is C16H12ClN5O. The summed E-state index contributed by atoms with van der Waals surface area (Å²) >= 11 is 6.16. The molecule has 3 aromatic rings. The Morgan fingerprint density at radius 2 is 2.13 bits per heavy atom. The lowest BCUT2D eigenvalue weighted by atomic mass is 10.1. The molecule has 3 N–H and O–H groups in total. The van der Waals surface area contributed by atoms with Gasteiger partial charge in [0.1, 0.15) is 6.07 Å². The predicted octanol–water partition coefficient (Wildman–Crippen LogP) is 2.78. The van der Waals surface area contributed by atoms with Crippen molar-refractivity contribution in [3.05, 3.63) is 57.6 Å². The number of nitrogens with one attached hydrogen (secondary N) is 1. The zero-order valence-electron chi connectivity index (χ0n) is 12.2. The van der Waals surface area contributed by atoms with E-state index in [9.17, 15) is 10.1 Å². The van der Waals surface area contributed by atoms with Crippen LogP contribution in [0, 0.1) is 11.3 Å². The zero-order valence-corrected chi connectivity index (χ0v) is 12.9. The Labute approximate surface area is 136 Å². The molecule has 0 aliphatic carbocycles. The van der Waals surface area contributed by atoms with Crippen LogP contribution in [0.2, 0.25) is 5.02 Å². The number of nitriles is 1. The van der Waals surface area contributed by atoms with Crippen molar-refractivity contribution in [2.24, 2.45) is 7.05 Å². The Hall–Kier alpha value is -3.04. The van der Waals surface area contributed by atoms with Gasteiger partial charge in [-0.05, 0) is 30.3 Å². The third-order valence-electron chi connectivity index (χ3n) is 3.49. The normalized spacial score (nSPS) is 10.5. The Balaban J connectivity index is 2.14. The summed E-state index contributed by atoms with van der Waals surface area (Å²) in [5.41, 5.74) is 7.87. The number of aromatic nitrogens is 2.